The molecule has 7 heteroatoms. The molecule has 1 aliphatic heterocycles. The third-order valence-electron chi connectivity index (χ3n) is 4.77. The van der Waals surface area contributed by atoms with Crippen LogP contribution in [0.25, 0.3) is 0 Å². The van der Waals surface area contributed by atoms with Crippen LogP contribution < -0.4 is 10.2 Å². The van der Waals surface area contributed by atoms with Crippen LogP contribution in [-0.2, 0) is 14.3 Å². The van der Waals surface area contributed by atoms with Gasteiger partial charge in [0.1, 0.15) is 10.7 Å². The molecule has 0 unspecified atom stereocenters. The first-order valence-corrected chi connectivity index (χ1v) is 10.1. The number of anilines is 2. The minimum atomic E-state index is -0.618. The summed E-state index contributed by atoms with van der Waals surface area (Å²) in [5, 5.41) is 2.82. The van der Waals surface area contributed by atoms with Crippen LogP contribution in [0.4, 0.5) is 11.4 Å². The summed E-state index contributed by atoms with van der Waals surface area (Å²) in [6, 6.07) is 11.9. The Bertz CT molecular complexity index is 1030. The van der Waals surface area contributed by atoms with E-state index in [2.05, 4.69) is 5.32 Å². The Morgan fingerprint density at radius 2 is 1.77 bits per heavy atom. The van der Waals surface area contributed by atoms with Crippen molar-refractivity contribution in [2.45, 2.75) is 33.6 Å². The second-order valence-electron chi connectivity index (χ2n) is 7.11. The quantitative estimate of drug-likeness (QED) is 0.394. The predicted molar refractivity (Wildman–Crippen MR) is 117 cm³/mol. The van der Waals surface area contributed by atoms with E-state index in [0.717, 1.165) is 28.9 Å². The van der Waals surface area contributed by atoms with E-state index in [-0.39, 0.29) is 10.7 Å². The molecule has 3 rings (SSSR count). The van der Waals surface area contributed by atoms with E-state index >= 15 is 0 Å². The van der Waals surface area contributed by atoms with Gasteiger partial charge in [-0.1, -0.05) is 37.1 Å². The summed E-state index contributed by atoms with van der Waals surface area (Å²) in [7, 11) is 0. The van der Waals surface area contributed by atoms with E-state index < -0.39 is 17.8 Å². The number of nitrogens with zero attached hydrogens (tertiary/aromatic N) is 1. The fourth-order valence-electron chi connectivity index (χ4n) is 2.99. The molecule has 0 saturated heterocycles. The Balaban J connectivity index is 1.78. The number of carbonyl (C=O) groups excluding carboxylic acids is 3. The number of hydrogen-bond donors (Lipinski definition) is 1. The molecule has 156 valence electrons. The van der Waals surface area contributed by atoms with E-state index in [4.69, 9.17) is 16.3 Å². The van der Waals surface area contributed by atoms with Crippen LogP contribution in [0, 0.1) is 13.8 Å². The molecule has 0 radical (unpaired) electrons. The van der Waals surface area contributed by atoms with Gasteiger partial charge in [-0.25, -0.2) is 9.69 Å². The van der Waals surface area contributed by atoms with E-state index in [1.165, 1.54) is 24.3 Å². The predicted octanol–water partition coefficient (Wildman–Crippen LogP) is 4.70. The lowest BCUT2D eigenvalue weighted by molar-refractivity contribution is -0.120. The number of esters is 1. The highest BCUT2D eigenvalue weighted by atomic mass is 35.5. The molecule has 1 aliphatic rings. The van der Waals surface area contributed by atoms with Crippen LogP contribution in [0.5, 0.6) is 0 Å². The first-order valence-electron chi connectivity index (χ1n) is 9.73. The molecule has 0 fully saturated rings. The lowest BCUT2D eigenvalue weighted by atomic mass is 10.1. The highest BCUT2D eigenvalue weighted by molar-refractivity contribution is 6.53. The van der Waals surface area contributed by atoms with Crippen LogP contribution in [0.2, 0.25) is 0 Å². The maximum absolute atomic E-state index is 12.9. The van der Waals surface area contributed by atoms with Gasteiger partial charge in [0, 0.05) is 5.69 Å². The molecule has 0 spiro atoms. The maximum atomic E-state index is 12.9. The molecule has 2 aromatic carbocycles. The van der Waals surface area contributed by atoms with Gasteiger partial charge in [0.25, 0.3) is 11.8 Å². The first-order chi connectivity index (χ1) is 14.3. The summed E-state index contributed by atoms with van der Waals surface area (Å²) >= 11 is 6.19. The Morgan fingerprint density at radius 3 is 2.43 bits per heavy atom. The zero-order chi connectivity index (χ0) is 21.8. The van der Waals surface area contributed by atoms with Crippen molar-refractivity contribution in [2.24, 2.45) is 0 Å². The molecule has 2 aromatic rings. The van der Waals surface area contributed by atoms with Gasteiger partial charge in [-0.05, 0) is 61.7 Å². The SMILES string of the molecule is CCCCOC(=O)c1ccc(N2C(=O)C(Cl)=C(Nc3cc(C)ccc3C)C2=O)cc1. The molecule has 2 amide bonds. The number of imide groups is 1. The Labute approximate surface area is 180 Å². The Hall–Kier alpha value is -3.12. The number of rotatable bonds is 7. The fraction of sp³-hybridized carbons (Fsp3) is 0.261. The van der Waals surface area contributed by atoms with Gasteiger partial charge < -0.3 is 10.1 Å². The third-order valence-corrected chi connectivity index (χ3v) is 5.12. The second kappa shape index (κ2) is 9.13. The van der Waals surface area contributed by atoms with Crippen molar-refractivity contribution in [1.82, 2.24) is 0 Å². The van der Waals surface area contributed by atoms with Gasteiger partial charge in [-0.2, -0.15) is 0 Å². The molecular formula is C23H23ClN2O4. The average molecular weight is 427 g/mol. The fourth-order valence-corrected chi connectivity index (χ4v) is 3.20. The van der Waals surface area contributed by atoms with Gasteiger partial charge in [-0.15, -0.1) is 0 Å². The van der Waals surface area contributed by atoms with E-state index in [9.17, 15) is 14.4 Å². The number of aryl methyl sites for hydroxylation is 2. The molecule has 6 nitrogen and oxygen atoms in total. The standard InChI is InChI=1S/C23H23ClN2O4/c1-4-5-12-30-23(29)16-8-10-17(11-9-16)26-21(27)19(24)20(22(26)28)25-18-13-14(2)6-7-15(18)3/h6-11,13,25H,4-5,12H2,1-3H3. The van der Waals surface area contributed by atoms with Crippen LogP contribution in [0.15, 0.2) is 53.2 Å². The smallest absolute Gasteiger partial charge is 0.338 e. The van der Waals surface area contributed by atoms with Gasteiger partial charge in [0.15, 0.2) is 0 Å². The van der Waals surface area contributed by atoms with E-state index in [1.54, 1.807) is 0 Å². The van der Waals surface area contributed by atoms with Gasteiger partial charge in [0.05, 0.1) is 17.9 Å². The Morgan fingerprint density at radius 1 is 1.07 bits per heavy atom. The summed E-state index contributed by atoms with van der Waals surface area (Å²) in [4.78, 5) is 38.6. The summed E-state index contributed by atoms with van der Waals surface area (Å²) < 4.78 is 5.17. The minimum absolute atomic E-state index is 0.0263. The normalized spacial score (nSPS) is 13.8. The number of ether oxygens (including phenoxy) is 1. The zero-order valence-electron chi connectivity index (χ0n) is 17.1. The van der Waals surface area contributed by atoms with Crippen molar-refractivity contribution in [3.05, 3.63) is 69.9 Å². The van der Waals surface area contributed by atoms with Crippen LogP contribution >= 0.6 is 11.6 Å². The lowest BCUT2D eigenvalue weighted by Crippen LogP contribution is -2.32. The maximum Gasteiger partial charge on any atom is 0.338 e. The lowest BCUT2D eigenvalue weighted by Gasteiger charge is -2.16. The van der Waals surface area contributed by atoms with Crippen molar-refractivity contribution >= 4 is 40.8 Å². The van der Waals surface area contributed by atoms with E-state index in [0.29, 0.717) is 23.5 Å². The molecule has 0 aliphatic carbocycles. The molecule has 0 aromatic heterocycles. The minimum Gasteiger partial charge on any atom is -0.462 e. The molecule has 1 heterocycles. The number of amides is 2. The van der Waals surface area contributed by atoms with E-state index in [1.807, 2.05) is 39.0 Å². The summed E-state index contributed by atoms with van der Waals surface area (Å²) in [5.74, 6) is -1.61. The number of carbonyl (C=O) groups is 3. The molecule has 1 N–H and O–H groups in total. The molecule has 0 saturated carbocycles. The van der Waals surface area contributed by atoms with Crippen LogP contribution in [-0.4, -0.2) is 24.4 Å². The number of benzene rings is 2. The summed E-state index contributed by atoms with van der Waals surface area (Å²) in [5.41, 5.74) is 3.33. The third kappa shape index (κ3) is 4.39. The van der Waals surface area contributed by atoms with Crippen LogP contribution in [0.3, 0.4) is 0 Å². The number of hydrogen-bond acceptors (Lipinski definition) is 5. The molecule has 30 heavy (non-hydrogen) atoms. The van der Waals surface area contributed by atoms with Crippen molar-refractivity contribution in [3.8, 4) is 0 Å². The van der Waals surface area contributed by atoms with Crippen LogP contribution in [0.1, 0.15) is 41.3 Å². The van der Waals surface area contributed by atoms with Gasteiger partial charge >= 0.3 is 5.97 Å². The summed E-state index contributed by atoms with van der Waals surface area (Å²) in [6.07, 6.45) is 1.72. The highest BCUT2D eigenvalue weighted by Gasteiger charge is 2.39. The van der Waals surface area contributed by atoms with Crippen molar-refractivity contribution in [3.63, 3.8) is 0 Å². The van der Waals surface area contributed by atoms with Gasteiger partial charge in [0.2, 0.25) is 0 Å². The van der Waals surface area contributed by atoms with Crippen molar-refractivity contribution < 1.29 is 19.1 Å². The zero-order valence-corrected chi connectivity index (χ0v) is 17.9. The largest absolute Gasteiger partial charge is 0.462 e. The number of unbranched alkanes of at least 4 members (excludes halogenated alkanes) is 1. The average Bonchev–Trinajstić information content (AvgIpc) is 2.94. The number of nitrogens with one attached hydrogen (secondary N) is 1. The van der Waals surface area contributed by atoms with Gasteiger partial charge in [-0.3, -0.25) is 9.59 Å². The second-order valence-corrected chi connectivity index (χ2v) is 7.49. The monoisotopic (exact) mass is 426 g/mol. The highest BCUT2D eigenvalue weighted by Crippen LogP contribution is 2.31. The molecule has 0 bridgehead atoms. The topological polar surface area (TPSA) is 75.7 Å². The van der Waals surface area contributed by atoms with Crippen molar-refractivity contribution in [1.29, 1.82) is 0 Å². The Kier molecular flexibility index (Phi) is 6.57. The molecular weight excluding hydrogens is 404 g/mol. The van der Waals surface area contributed by atoms with Crippen molar-refractivity contribution in [2.75, 3.05) is 16.8 Å². The summed E-state index contributed by atoms with van der Waals surface area (Å²) in [6.45, 7) is 6.19. The first kappa shape index (κ1) is 21.6. The molecule has 0 atom stereocenters. The number of halogens is 1.